The second-order valence-electron chi connectivity index (χ2n) is 3.74. The number of nitrogens with zero attached hydrogens (tertiary/aromatic N) is 2. The van der Waals surface area contributed by atoms with Gasteiger partial charge in [0.25, 0.3) is 0 Å². The number of rotatable bonds is 4. The maximum absolute atomic E-state index is 9.15. The van der Waals surface area contributed by atoms with Gasteiger partial charge in [0, 0.05) is 5.56 Å². The number of nitrogens with two attached hydrogens (primary N) is 1. The second-order valence-corrected chi connectivity index (χ2v) is 3.74. The van der Waals surface area contributed by atoms with Gasteiger partial charge in [-0.05, 0) is 36.4 Å². The fraction of sp³-hybridized carbons (Fsp3) is 0.0769. The van der Waals surface area contributed by atoms with Crippen LogP contribution >= 0.6 is 0 Å². The van der Waals surface area contributed by atoms with Gasteiger partial charge in [-0.15, -0.1) is 5.10 Å². The van der Waals surface area contributed by atoms with Crippen LogP contribution in [0.1, 0.15) is 17.1 Å². The van der Waals surface area contributed by atoms with Crippen LogP contribution in [0.2, 0.25) is 0 Å². The van der Waals surface area contributed by atoms with Gasteiger partial charge in [0.1, 0.15) is 23.9 Å². The Bertz CT molecular complexity index is 600. The van der Waals surface area contributed by atoms with Gasteiger partial charge in [0.2, 0.25) is 0 Å². The van der Waals surface area contributed by atoms with Crippen LogP contribution in [0.3, 0.4) is 0 Å². The molecule has 2 aromatic rings. The Morgan fingerprint density at radius 2 is 1.95 bits per heavy atom. The molecule has 6 heteroatoms. The highest BCUT2D eigenvalue weighted by Crippen LogP contribution is 2.09. The number of furan rings is 1. The summed E-state index contributed by atoms with van der Waals surface area (Å²) in [5.74, 6) is 1.32. The number of hydrogen-bond donors (Lipinski definition) is 3. The highest BCUT2D eigenvalue weighted by atomic mass is 16.4. The zero-order chi connectivity index (χ0) is 13.7. The van der Waals surface area contributed by atoms with Gasteiger partial charge >= 0.3 is 0 Å². The molecule has 0 bridgehead atoms. The predicted molar refractivity (Wildman–Crippen MR) is 71.1 cm³/mol. The Labute approximate surface area is 109 Å². The molecule has 0 aliphatic rings. The first-order valence-corrected chi connectivity index (χ1v) is 5.54. The minimum Gasteiger partial charge on any atom is -0.508 e. The van der Waals surface area contributed by atoms with E-state index < -0.39 is 0 Å². The first-order chi connectivity index (χ1) is 9.19. The summed E-state index contributed by atoms with van der Waals surface area (Å²) in [6.07, 6.45) is 1.40. The highest BCUT2D eigenvalue weighted by molar-refractivity contribution is 5.97. The van der Waals surface area contributed by atoms with Crippen molar-refractivity contribution >= 4 is 12.1 Å². The normalized spacial score (nSPS) is 12.2. The van der Waals surface area contributed by atoms with Crippen molar-refractivity contribution in [2.75, 3.05) is 0 Å². The minimum absolute atomic E-state index is 0.159. The van der Waals surface area contributed by atoms with Crippen molar-refractivity contribution in [3.63, 3.8) is 0 Å². The minimum atomic E-state index is -0.160. The first kappa shape index (κ1) is 12.8. The Morgan fingerprint density at radius 3 is 2.58 bits per heavy atom. The van der Waals surface area contributed by atoms with Crippen LogP contribution in [-0.2, 0) is 6.61 Å². The molecule has 2 rings (SSSR count). The first-order valence-electron chi connectivity index (χ1n) is 5.54. The van der Waals surface area contributed by atoms with Gasteiger partial charge in [-0.2, -0.15) is 5.10 Å². The van der Waals surface area contributed by atoms with Crippen molar-refractivity contribution in [2.45, 2.75) is 6.61 Å². The van der Waals surface area contributed by atoms with Crippen molar-refractivity contribution in [1.29, 1.82) is 0 Å². The summed E-state index contributed by atoms with van der Waals surface area (Å²) >= 11 is 0. The molecular weight excluding hydrogens is 246 g/mol. The molecule has 6 nitrogen and oxygen atoms in total. The van der Waals surface area contributed by atoms with E-state index in [2.05, 4.69) is 10.2 Å². The third-order valence-corrected chi connectivity index (χ3v) is 2.35. The second kappa shape index (κ2) is 5.83. The summed E-state index contributed by atoms with van der Waals surface area (Å²) in [4.78, 5) is 0. The number of aliphatic hydroxyl groups is 1. The molecule has 4 N–H and O–H groups in total. The van der Waals surface area contributed by atoms with E-state index in [1.165, 1.54) is 18.3 Å². The smallest absolute Gasteiger partial charge is 0.153 e. The average molecular weight is 259 g/mol. The van der Waals surface area contributed by atoms with E-state index in [-0.39, 0.29) is 18.2 Å². The summed E-state index contributed by atoms with van der Waals surface area (Å²) in [5, 5.41) is 25.6. The fourth-order valence-electron chi connectivity index (χ4n) is 1.39. The molecule has 0 saturated carbocycles. The van der Waals surface area contributed by atoms with E-state index in [9.17, 15) is 0 Å². The molecular formula is C13H13N3O3. The SMILES string of the molecule is NC(=NN=Cc1ccc(CO)o1)c1ccc(O)cc1. The van der Waals surface area contributed by atoms with Crippen molar-refractivity contribution in [3.05, 3.63) is 53.5 Å². The summed E-state index contributed by atoms with van der Waals surface area (Å²) in [7, 11) is 0. The van der Waals surface area contributed by atoms with Crippen LogP contribution < -0.4 is 5.73 Å². The Morgan fingerprint density at radius 1 is 1.21 bits per heavy atom. The number of phenolic OH excluding ortho intramolecular Hbond substituents is 1. The van der Waals surface area contributed by atoms with Crippen molar-refractivity contribution in [2.24, 2.45) is 15.9 Å². The molecule has 0 saturated heterocycles. The molecule has 0 aliphatic carbocycles. The molecule has 19 heavy (non-hydrogen) atoms. The Hall–Kier alpha value is -2.60. The predicted octanol–water partition coefficient (Wildman–Crippen LogP) is 1.22. The average Bonchev–Trinajstić information content (AvgIpc) is 2.87. The van der Waals surface area contributed by atoms with Crippen LogP contribution in [0, 0.1) is 0 Å². The van der Waals surface area contributed by atoms with Gasteiger partial charge < -0.3 is 20.4 Å². The molecule has 1 aromatic carbocycles. The van der Waals surface area contributed by atoms with Gasteiger partial charge in [-0.1, -0.05) is 0 Å². The number of aliphatic hydroxyl groups excluding tert-OH is 1. The fourth-order valence-corrected chi connectivity index (χ4v) is 1.39. The van der Waals surface area contributed by atoms with Crippen LogP contribution in [0.25, 0.3) is 0 Å². The van der Waals surface area contributed by atoms with Crippen LogP contribution in [0.5, 0.6) is 5.75 Å². The molecule has 0 aliphatic heterocycles. The quantitative estimate of drug-likeness (QED) is 0.436. The monoisotopic (exact) mass is 259 g/mol. The number of amidine groups is 1. The third-order valence-electron chi connectivity index (χ3n) is 2.35. The molecule has 1 aromatic heterocycles. The lowest BCUT2D eigenvalue weighted by Crippen LogP contribution is -2.12. The largest absolute Gasteiger partial charge is 0.508 e. The lowest BCUT2D eigenvalue weighted by molar-refractivity contribution is 0.247. The topological polar surface area (TPSA) is 104 Å². The molecule has 0 atom stereocenters. The number of hydrogen-bond acceptors (Lipinski definition) is 5. The molecule has 98 valence electrons. The Kier molecular flexibility index (Phi) is 3.94. The van der Waals surface area contributed by atoms with E-state index in [1.807, 2.05) is 0 Å². The standard InChI is InChI=1S/C13H13N3O3/c14-13(9-1-3-10(18)4-2-9)16-15-7-11-5-6-12(8-17)19-11/h1-7,17-18H,8H2,(H2,14,16). The van der Waals surface area contributed by atoms with Gasteiger partial charge in [-0.3, -0.25) is 0 Å². The van der Waals surface area contributed by atoms with E-state index in [0.29, 0.717) is 17.1 Å². The van der Waals surface area contributed by atoms with E-state index >= 15 is 0 Å². The summed E-state index contributed by atoms with van der Waals surface area (Å²) in [5.41, 5.74) is 6.38. The summed E-state index contributed by atoms with van der Waals surface area (Å²) in [6, 6.07) is 9.62. The maximum atomic E-state index is 9.15. The van der Waals surface area contributed by atoms with Crippen LogP contribution in [-0.4, -0.2) is 22.3 Å². The van der Waals surface area contributed by atoms with E-state index in [4.69, 9.17) is 20.4 Å². The van der Waals surface area contributed by atoms with Crippen molar-refractivity contribution in [1.82, 2.24) is 0 Å². The zero-order valence-electron chi connectivity index (χ0n) is 10.0. The molecule has 0 radical (unpaired) electrons. The van der Waals surface area contributed by atoms with E-state index in [1.54, 1.807) is 24.3 Å². The molecule has 0 amide bonds. The van der Waals surface area contributed by atoms with Crippen molar-refractivity contribution < 1.29 is 14.6 Å². The molecule has 0 spiro atoms. The van der Waals surface area contributed by atoms with Gasteiger partial charge in [0.15, 0.2) is 5.84 Å². The molecule has 0 unspecified atom stereocenters. The lowest BCUT2D eigenvalue weighted by atomic mass is 10.2. The van der Waals surface area contributed by atoms with Crippen molar-refractivity contribution in [3.8, 4) is 5.75 Å². The van der Waals surface area contributed by atoms with Crippen LogP contribution in [0.15, 0.2) is 51.0 Å². The maximum Gasteiger partial charge on any atom is 0.153 e. The van der Waals surface area contributed by atoms with Gasteiger partial charge in [-0.25, -0.2) is 0 Å². The van der Waals surface area contributed by atoms with Crippen LogP contribution in [0.4, 0.5) is 0 Å². The number of benzene rings is 1. The third kappa shape index (κ3) is 3.43. The number of aromatic hydroxyl groups is 1. The summed E-state index contributed by atoms with van der Waals surface area (Å²) in [6.45, 7) is -0.160. The highest BCUT2D eigenvalue weighted by Gasteiger charge is 1.99. The lowest BCUT2D eigenvalue weighted by Gasteiger charge is -1.97. The van der Waals surface area contributed by atoms with Gasteiger partial charge in [0.05, 0.1) is 6.21 Å². The Balaban J connectivity index is 2.07. The summed E-state index contributed by atoms with van der Waals surface area (Å²) < 4.78 is 5.19. The zero-order valence-corrected chi connectivity index (χ0v) is 10.0. The number of phenols is 1. The molecule has 1 heterocycles. The molecule has 0 fully saturated rings. The van der Waals surface area contributed by atoms with E-state index in [0.717, 1.165) is 0 Å².